The first kappa shape index (κ1) is 34.0. The summed E-state index contributed by atoms with van der Waals surface area (Å²) in [6, 6.07) is 24.5. The molecule has 3 aromatic rings. The molecule has 0 unspecified atom stereocenters. The molecule has 6 rings (SSSR count). The van der Waals surface area contributed by atoms with E-state index >= 15 is 0 Å². The van der Waals surface area contributed by atoms with E-state index in [-0.39, 0.29) is 17.7 Å². The second-order valence-corrected chi connectivity index (χ2v) is 13.6. The molecule has 9 nitrogen and oxygen atoms in total. The van der Waals surface area contributed by atoms with Gasteiger partial charge < -0.3 is 30.2 Å². The summed E-state index contributed by atoms with van der Waals surface area (Å²) in [7, 11) is 0. The van der Waals surface area contributed by atoms with E-state index in [4.69, 9.17) is 11.6 Å². The highest BCUT2D eigenvalue weighted by atomic mass is 35.5. The van der Waals surface area contributed by atoms with Gasteiger partial charge in [0.1, 0.15) is 11.6 Å². The van der Waals surface area contributed by atoms with Gasteiger partial charge in [0.2, 0.25) is 17.7 Å². The van der Waals surface area contributed by atoms with Crippen LogP contribution >= 0.6 is 11.6 Å². The van der Waals surface area contributed by atoms with Gasteiger partial charge in [0, 0.05) is 49.9 Å². The summed E-state index contributed by atoms with van der Waals surface area (Å²) in [5, 5.41) is 7.08. The van der Waals surface area contributed by atoms with Crippen LogP contribution in [-0.4, -0.2) is 96.0 Å². The molecule has 3 amide bonds. The third-order valence-electron chi connectivity index (χ3n) is 10.4. The van der Waals surface area contributed by atoms with Crippen LogP contribution in [-0.2, 0) is 33.8 Å². The minimum atomic E-state index is -0.748. The molecule has 48 heavy (non-hydrogen) atoms. The summed E-state index contributed by atoms with van der Waals surface area (Å²) < 4.78 is 0. The van der Waals surface area contributed by atoms with E-state index in [0.29, 0.717) is 63.6 Å². The molecule has 3 aromatic carbocycles. The van der Waals surface area contributed by atoms with Gasteiger partial charge in [-0.15, -0.1) is 0 Å². The number of nitrogens with one attached hydrogen (secondary N) is 2. The number of fused-ring (bicyclic) bond motifs is 1. The minimum Gasteiger partial charge on any atom is -0.343 e. The Balaban J connectivity index is 1.18. The Bertz CT molecular complexity index is 1570. The first-order chi connectivity index (χ1) is 23.3. The summed E-state index contributed by atoms with van der Waals surface area (Å²) >= 11 is 6.16. The molecule has 1 spiro atoms. The van der Waals surface area contributed by atoms with Gasteiger partial charge in [-0.25, -0.2) is 0 Å². The molecule has 2 fully saturated rings. The monoisotopic (exact) mass is 670 g/mol. The van der Waals surface area contributed by atoms with Crippen molar-refractivity contribution in [3.8, 4) is 0 Å². The number of rotatable bonds is 11. The Morgan fingerprint density at radius 1 is 0.958 bits per heavy atom. The van der Waals surface area contributed by atoms with Crippen LogP contribution in [0.4, 0.5) is 5.69 Å². The number of anilines is 1. The molecule has 0 bridgehead atoms. The maximum absolute atomic E-state index is 14.3. The van der Waals surface area contributed by atoms with Gasteiger partial charge in [-0.2, -0.15) is 0 Å². The first-order valence-electron chi connectivity index (χ1n) is 17.3. The molecule has 2 N–H and O–H groups in total. The van der Waals surface area contributed by atoms with E-state index in [9.17, 15) is 14.4 Å². The van der Waals surface area contributed by atoms with Gasteiger partial charge in [-0.05, 0) is 73.3 Å². The average molecular weight is 671 g/mol. The standard InChI is InChI=1S/C38H47ClN6O3/c1-3-42(4-2)22-23-44-27-45(32-12-6-5-7-13-32)38(37(44)48)18-20-43(21-19-38)36(47)34(24-28-14-16-31(39)17-15-28)41-35(46)33-25-29-10-8-9-11-30(29)26-40-33/h5-17,33-34,40H,3-4,18-27H2,1-2H3,(H,41,46)/t33-,34-/m1/s1. The van der Waals surface area contributed by atoms with Gasteiger partial charge in [0.05, 0.1) is 12.7 Å². The number of halogens is 1. The summed E-state index contributed by atoms with van der Waals surface area (Å²) in [6.45, 7) is 9.68. The molecule has 0 aliphatic carbocycles. The van der Waals surface area contributed by atoms with Crippen LogP contribution in [0.2, 0.25) is 5.02 Å². The second kappa shape index (κ2) is 15.1. The molecule has 3 heterocycles. The lowest BCUT2D eigenvalue weighted by molar-refractivity contribution is -0.141. The average Bonchev–Trinajstić information content (AvgIpc) is 3.39. The molecule has 254 valence electrons. The minimum absolute atomic E-state index is 0.126. The normalized spacial score (nSPS) is 19.5. The topological polar surface area (TPSA) is 88.2 Å². The van der Waals surface area contributed by atoms with E-state index < -0.39 is 17.6 Å². The molecule has 0 saturated carbocycles. The zero-order valence-electron chi connectivity index (χ0n) is 28.0. The van der Waals surface area contributed by atoms with Crippen molar-refractivity contribution in [2.24, 2.45) is 0 Å². The van der Waals surface area contributed by atoms with Crippen molar-refractivity contribution in [1.29, 1.82) is 0 Å². The van der Waals surface area contributed by atoms with Crippen molar-refractivity contribution in [2.45, 2.75) is 63.7 Å². The number of carbonyl (C=O) groups excluding carboxylic acids is 3. The smallest absolute Gasteiger partial charge is 0.250 e. The predicted molar refractivity (Wildman–Crippen MR) is 190 cm³/mol. The Morgan fingerprint density at radius 2 is 1.62 bits per heavy atom. The first-order valence-corrected chi connectivity index (χ1v) is 17.7. The quantitative estimate of drug-likeness (QED) is 0.320. The molecular weight excluding hydrogens is 624 g/mol. The number of hydrogen-bond donors (Lipinski definition) is 2. The lowest BCUT2D eigenvalue weighted by atomic mass is 9.85. The molecule has 3 aliphatic heterocycles. The number of likely N-dealkylation sites (tertiary alicyclic amines) is 1. The zero-order chi connectivity index (χ0) is 33.7. The van der Waals surface area contributed by atoms with Gasteiger partial charge in [0.25, 0.3) is 0 Å². The summed E-state index contributed by atoms with van der Waals surface area (Å²) in [6.07, 6.45) is 1.97. The van der Waals surface area contributed by atoms with E-state index in [1.807, 2.05) is 52.3 Å². The number of hydrogen-bond acceptors (Lipinski definition) is 6. The number of likely N-dealkylation sites (N-methyl/N-ethyl adjacent to an activating group) is 1. The van der Waals surface area contributed by atoms with Gasteiger partial charge >= 0.3 is 0 Å². The van der Waals surface area contributed by atoms with Gasteiger partial charge in [0.15, 0.2) is 0 Å². The fourth-order valence-electron chi connectivity index (χ4n) is 7.46. The Morgan fingerprint density at radius 3 is 2.31 bits per heavy atom. The number of nitrogens with zero attached hydrogens (tertiary/aromatic N) is 4. The molecule has 10 heteroatoms. The van der Waals surface area contributed by atoms with E-state index in [1.54, 1.807) is 12.1 Å². The van der Waals surface area contributed by atoms with Crippen LogP contribution in [0.3, 0.4) is 0 Å². The van der Waals surface area contributed by atoms with Crippen LogP contribution in [0.5, 0.6) is 0 Å². The van der Waals surface area contributed by atoms with E-state index in [2.05, 4.69) is 58.5 Å². The van der Waals surface area contributed by atoms with Crippen molar-refractivity contribution in [1.82, 2.24) is 25.3 Å². The molecular formula is C38H47ClN6O3. The predicted octanol–water partition coefficient (Wildman–Crippen LogP) is 4.09. The molecule has 0 radical (unpaired) electrons. The molecule has 2 atom stereocenters. The molecule has 0 aromatic heterocycles. The number of amides is 3. The SMILES string of the molecule is CCN(CC)CCN1CN(c2ccccc2)C2(CCN(C(=O)[C@@H](Cc3ccc(Cl)cc3)NC(=O)[C@H]3Cc4ccccc4CN3)CC2)C1=O. The van der Waals surface area contributed by atoms with Crippen LogP contribution in [0.25, 0.3) is 0 Å². The van der Waals surface area contributed by atoms with Crippen molar-refractivity contribution in [2.75, 3.05) is 50.8 Å². The van der Waals surface area contributed by atoms with Crippen LogP contribution in [0.1, 0.15) is 43.4 Å². The Labute approximate surface area is 289 Å². The zero-order valence-corrected chi connectivity index (χ0v) is 28.8. The fraction of sp³-hybridized carbons (Fsp3) is 0.447. The Hall–Kier alpha value is -3.92. The summed E-state index contributed by atoms with van der Waals surface area (Å²) in [5.41, 5.74) is 3.56. The largest absolute Gasteiger partial charge is 0.343 e. The van der Waals surface area contributed by atoms with Crippen LogP contribution in [0.15, 0.2) is 78.9 Å². The number of carbonyl (C=O) groups is 3. The van der Waals surface area contributed by atoms with Crippen LogP contribution in [0, 0.1) is 0 Å². The van der Waals surface area contributed by atoms with Crippen molar-refractivity contribution < 1.29 is 14.4 Å². The highest BCUT2D eigenvalue weighted by molar-refractivity contribution is 6.30. The summed E-state index contributed by atoms with van der Waals surface area (Å²) in [4.78, 5) is 50.6. The van der Waals surface area contributed by atoms with Crippen LogP contribution < -0.4 is 15.5 Å². The van der Waals surface area contributed by atoms with Crippen molar-refractivity contribution in [3.63, 3.8) is 0 Å². The molecule has 2 saturated heterocycles. The van der Waals surface area contributed by atoms with Crippen molar-refractivity contribution in [3.05, 3.63) is 101 Å². The van der Waals surface area contributed by atoms with Crippen molar-refractivity contribution >= 4 is 35.0 Å². The number of benzene rings is 3. The van der Waals surface area contributed by atoms with E-state index in [1.165, 1.54) is 5.56 Å². The maximum Gasteiger partial charge on any atom is 0.250 e. The molecule has 3 aliphatic rings. The third-order valence-corrected chi connectivity index (χ3v) is 10.7. The highest BCUT2D eigenvalue weighted by Gasteiger charge is 2.54. The summed E-state index contributed by atoms with van der Waals surface area (Å²) in [5.74, 6) is -0.171. The third kappa shape index (κ3) is 7.23. The lowest BCUT2D eigenvalue weighted by Crippen LogP contribution is -2.60. The van der Waals surface area contributed by atoms with E-state index in [0.717, 1.165) is 36.4 Å². The fourth-order valence-corrected chi connectivity index (χ4v) is 7.59. The number of para-hydroxylation sites is 1. The Kier molecular flexibility index (Phi) is 10.7. The van der Waals surface area contributed by atoms with Gasteiger partial charge in [-0.3, -0.25) is 14.4 Å². The maximum atomic E-state index is 14.3. The lowest BCUT2D eigenvalue weighted by Gasteiger charge is -2.44. The second-order valence-electron chi connectivity index (χ2n) is 13.2. The van der Waals surface area contributed by atoms with Gasteiger partial charge in [-0.1, -0.05) is 80.0 Å². The number of piperidine rings is 1. The highest BCUT2D eigenvalue weighted by Crippen LogP contribution is 2.39.